The summed E-state index contributed by atoms with van der Waals surface area (Å²) in [6.07, 6.45) is 5.73. The van der Waals surface area contributed by atoms with Crippen molar-refractivity contribution in [3.8, 4) is 0 Å². The van der Waals surface area contributed by atoms with Gasteiger partial charge in [0.1, 0.15) is 13.3 Å². The van der Waals surface area contributed by atoms with Crippen molar-refractivity contribution in [2.24, 2.45) is 11.1 Å². The van der Waals surface area contributed by atoms with Crippen molar-refractivity contribution in [2.45, 2.75) is 48.7 Å². The average molecular weight is 406 g/mol. The highest BCUT2D eigenvalue weighted by atomic mass is 79.9. The Hall–Kier alpha value is -1.37. The standard InChI is InChI=1S/C19H24BrN3O2/c1-25-21-10-14-12-6-2-3-7-15(12)22-18(14)17-13-9-11(20)5-4-8-16(13)23-19(17)24/h2-3,6-7,10-11,13-14,16,19,22-24H,4-5,8-9H2,1H3/b18-17-,21-10+/t11?,13?,14?,16?,19-/m1/s1. The van der Waals surface area contributed by atoms with Gasteiger partial charge in [-0.25, -0.2) is 0 Å². The van der Waals surface area contributed by atoms with Gasteiger partial charge >= 0.3 is 0 Å². The van der Waals surface area contributed by atoms with Gasteiger partial charge in [0.25, 0.3) is 0 Å². The molecule has 134 valence electrons. The Balaban J connectivity index is 1.78. The molecular weight excluding hydrogens is 382 g/mol. The van der Waals surface area contributed by atoms with E-state index in [1.165, 1.54) is 18.4 Å². The van der Waals surface area contributed by atoms with Crippen LogP contribution >= 0.6 is 15.9 Å². The smallest absolute Gasteiger partial charge is 0.129 e. The molecule has 5 atom stereocenters. The van der Waals surface area contributed by atoms with Gasteiger partial charge < -0.3 is 15.3 Å². The minimum absolute atomic E-state index is 0.0154. The molecule has 0 amide bonds. The van der Waals surface area contributed by atoms with E-state index in [2.05, 4.69) is 43.9 Å². The maximum atomic E-state index is 10.8. The number of nitrogens with one attached hydrogen (secondary N) is 2. The molecule has 1 aromatic carbocycles. The first-order chi connectivity index (χ1) is 12.2. The molecule has 1 saturated carbocycles. The summed E-state index contributed by atoms with van der Waals surface area (Å²) in [6, 6.07) is 8.58. The fourth-order valence-electron chi connectivity index (χ4n) is 4.49. The van der Waals surface area contributed by atoms with Gasteiger partial charge in [0, 0.05) is 28.2 Å². The van der Waals surface area contributed by atoms with E-state index in [9.17, 15) is 5.11 Å². The highest BCUT2D eigenvalue weighted by Crippen LogP contribution is 2.45. The molecule has 0 spiro atoms. The van der Waals surface area contributed by atoms with E-state index in [1.54, 1.807) is 7.11 Å². The quantitative estimate of drug-likeness (QED) is 0.401. The van der Waals surface area contributed by atoms with Crippen LogP contribution in [0.2, 0.25) is 0 Å². The number of halogens is 1. The minimum atomic E-state index is -0.608. The molecule has 4 unspecified atom stereocenters. The molecule has 25 heavy (non-hydrogen) atoms. The van der Waals surface area contributed by atoms with Crippen LogP contribution in [0.1, 0.15) is 37.2 Å². The monoisotopic (exact) mass is 405 g/mol. The molecule has 5 nitrogen and oxygen atoms in total. The first-order valence-corrected chi connectivity index (χ1v) is 9.85. The molecule has 0 bridgehead atoms. The zero-order valence-electron chi connectivity index (χ0n) is 14.3. The lowest BCUT2D eigenvalue weighted by Crippen LogP contribution is -2.30. The number of rotatable bonds is 2. The Morgan fingerprint density at radius 2 is 2.16 bits per heavy atom. The van der Waals surface area contributed by atoms with Crippen molar-refractivity contribution in [3.63, 3.8) is 0 Å². The molecule has 2 fully saturated rings. The van der Waals surface area contributed by atoms with Gasteiger partial charge in [0.05, 0.1) is 12.1 Å². The molecule has 1 saturated heterocycles. The minimum Gasteiger partial charge on any atom is -0.399 e. The van der Waals surface area contributed by atoms with E-state index in [1.807, 2.05) is 18.3 Å². The van der Waals surface area contributed by atoms with Crippen molar-refractivity contribution in [1.82, 2.24) is 5.32 Å². The summed E-state index contributed by atoms with van der Waals surface area (Å²) in [4.78, 5) is 5.43. The molecule has 3 aliphatic rings. The Bertz CT molecular complexity index is 706. The predicted octanol–water partition coefficient (Wildman–Crippen LogP) is 3.33. The second kappa shape index (κ2) is 7.09. The second-order valence-electron chi connectivity index (χ2n) is 7.04. The topological polar surface area (TPSA) is 65.9 Å². The number of fused-ring (bicyclic) bond motifs is 2. The van der Waals surface area contributed by atoms with Gasteiger partial charge in [0.2, 0.25) is 0 Å². The third-order valence-corrected chi connectivity index (χ3v) is 6.43. The van der Waals surface area contributed by atoms with E-state index in [0.717, 1.165) is 29.8 Å². The van der Waals surface area contributed by atoms with Crippen LogP contribution < -0.4 is 10.6 Å². The Morgan fingerprint density at radius 1 is 1.32 bits per heavy atom. The zero-order valence-corrected chi connectivity index (χ0v) is 15.9. The molecule has 0 aromatic heterocycles. The third kappa shape index (κ3) is 3.11. The summed E-state index contributed by atoms with van der Waals surface area (Å²) in [5.41, 5.74) is 4.39. The Labute approximate surface area is 156 Å². The molecule has 2 aliphatic heterocycles. The summed E-state index contributed by atoms with van der Waals surface area (Å²) < 4.78 is 0. The second-order valence-corrected chi connectivity index (χ2v) is 8.34. The molecule has 1 aliphatic carbocycles. The van der Waals surface area contributed by atoms with E-state index in [0.29, 0.717) is 16.8 Å². The number of allylic oxidation sites excluding steroid dienone is 1. The normalized spacial score (nSPS) is 37.5. The van der Waals surface area contributed by atoms with Gasteiger partial charge in [0.15, 0.2) is 0 Å². The summed E-state index contributed by atoms with van der Waals surface area (Å²) in [5, 5.41) is 21.8. The van der Waals surface area contributed by atoms with Crippen molar-refractivity contribution in [2.75, 3.05) is 12.4 Å². The number of nitrogens with zero attached hydrogens (tertiary/aromatic N) is 1. The van der Waals surface area contributed by atoms with Gasteiger partial charge in [-0.15, -0.1) is 0 Å². The number of alkyl halides is 1. The first-order valence-electron chi connectivity index (χ1n) is 8.93. The number of anilines is 1. The fourth-order valence-corrected chi connectivity index (χ4v) is 5.22. The summed E-state index contributed by atoms with van der Waals surface area (Å²) in [6.45, 7) is 0. The lowest BCUT2D eigenvalue weighted by Gasteiger charge is -2.21. The van der Waals surface area contributed by atoms with E-state index in [-0.39, 0.29) is 5.92 Å². The summed E-state index contributed by atoms with van der Waals surface area (Å²) in [5.74, 6) is 0.315. The number of oxime groups is 1. The van der Waals surface area contributed by atoms with Crippen LogP contribution in [0.4, 0.5) is 5.69 Å². The predicted molar refractivity (Wildman–Crippen MR) is 103 cm³/mol. The molecule has 3 N–H and O–H groups in total. The zero-order chi connectivity index (χ0) is 17.4. The molecule has 6 heteroatoms. The number of hydrogen-bond donors (Lipinski definition) is 3. The Morgan fingerprint density at radius 3 is 3.00 bits per heavy atom. The van der Waals surface area contributed by atoms with Crippen molar-refractivity contribution in [3.05, 3.63) is 41.1 Å². The largest absolute Gasteiger partial charge is 0.399 e. The molecule has 0 radical (unpaired) electrons. The maximum absolute atomic E-state index is 10.8. The van der Waals surface area contributed by atoms with Crippen LogP contribution in [0.15, 0.2) is 40.7 Å². The van der Waals surface area contributed by atoms with Gasteiger partial charge in [-0.3, -0.25) is 5.32 Å². The molecule has 2 heterocycles. The number of aliphatic hydroxyl groups excluding tert-OH is 1. The lowest BCUT2D eigenvalue weighted by molar-refractivity contribution is 0.182. The van der Waals surface area contributed by atoms with Crippen LogP contribution in [0.3, 0.4) is 0 Å². The molecule has 1 aromatic rings. The number of hydrogen-bond acceptors (Lipinski definition) is 5. The highest BCUT2D eigenvalue weighted by Gasteiger charge is 2.43. The van der Waals surface area contributed by atoms with Crippen LogP contribution in [-0.4, -0.2) is 35.5 Å². The van der Waals surface area contributed by atoms with Crippen molar-refractivity contribution in [1.29, 1.82) is 0 Å². The fraction of sp³-hybridized carbons (Fsp3) is 0.526. The van der Waals surface area contributed by atoms with Crippen molar-refractivity contribution < 1.29 is 9.94 Å². The lowest BCUT2D eigenvalue weighted by atomic mass is 9.86. The van der Waals surface area contributed by atoms with Crippen molar-refractivity contribution >= 4 is 27.8 Å². The summed E-state index contributed by atoms with van der Waals surface area (Å²) in [7, 11) is 1.56. The van der Waals surface area contributed by atoms with E-state index < -0.39 is 6.23 Å². The SMILES string of the molecule is CO/N=C/C1/C(=C2\C3CC(Br)CCCC3N[C@@H]2O)Nc2ccccc21. The van der Waals surface area contributed by atoms with Crippen LogP contribution in [0, 0.1) is 5.92 Å². The Kier molecular flexibility index (Phi) is 4.84. The number of aliphatic hydroxyl groups is 1. The number of para-hydroxylation sites is 1. The van der Waals surface area contributed by atoms with Crippen LogP contribution in [0.5, 0.6) is 0 Å². The van der Waals surface area contributed by atoms with Crippen LogP contribution in [0.25, 0.3) is 0 Å². The summed E-state index contributed by atoms with van der Waals surface area (Å²) >= 11 is 3.82. The average Bonchev–Trinajstić information content (AvgIpc) is 3.04. The van der Waals surface area contributed by atoms with Gasteiger partial charge in [-0.1, -0.05) is 45.7 Å². The van der Waals surface area contributed by atoms with Gasteiger partial charge in [-0.05, 0) is 36.5 Å². The highest BCUT2D eigenvalue weighted by molar-refractivity contribution is 9.09. The first kappa shape index (κ1) is 17.1. The third-order valence-electron chi connectivity index (χ3n) is 5.60. The molecule has 4 rings (SSSR count). The van der Waals surface area contributed by atoms with E-state index >= 15 is 0 Å². The molecular formula is C19H24BrN3O2. The van der Waals surface area contributed by atoms with Gasteiger partial charge in [-0.2, -0.15) is 0 Å². The van der Waals surface area contributed by atoms with E-state index in [4.69, 9.17) is 4.84 Å². The van der Waals surface area contributed by atoms with Crippen LogP contribution in [-0.2, 0) is 4.84 Å². The number of benzene rings is 1. The maximum Gasteiger partial charge on any atom is 0.129 e.